The zero-order valence-corrected chi connectivity index (χ0v) is 13.5. The normalized spacial score (nSPS) is 27.9. The average molecular weight is 270 g/mol. The molecule has 1 aliphatic rings. The molecule has 0 radical (unpaired) electrons. The highest BCUT2D eigenvalue weighted by Gasteiger charge is 2.30. The molecule has 0 amide bonds. The lowest BCUT2D eigenvalue weighted by Crippen LogP contribution is -2.45. The van der Waals surface area contributed by atoms with Gasteiger partial charge in [0, 0.05) is 26.2 Å². The minimum Gasteiger partial charge on any atom is -0.383 e. The van der Waals surface area contributed by atoms with Gasteiger partial charge in [-0.3, -0.25) is 0 Å². The first-order valence-electron chi connectivity index (χ1n) is 8.12. The van der Waals surface area contributed by atoms with E-state index in [-0.39, 0.29) is 0 Å². The Morgan fingerprint density at radius 1 is 1.26 bits per heavy atom. The number of hydrogen-bond donors (Lipinski definition) is 1. The Labute approximate surface area is 120 Å². The predicted molar refractivity (Wildman–Crippen MR) is 82.6 cm³/mol. The summed E-state index contributed by atoms with van der Waals surface area (Å²) in [5.74, 6) is 1.77. The SMILES string of the molecule is CCCC1CCC(NCC)C(CN(C)CCOC)C1. The molecule has 0 heterocycles. The number of nitrogens with one attached hydrogen (secondary N) is 1. The van der Waals surface area contributed by atoms with Gasteiger partial charge in [0.1, 0.15) is 0 Å². The second-order valence-electron chi connectivity index (χ2n) is 6.15. The molecule has 3 atom stereocenters. The van der Waals surface area contributed by atoms with Crippen LogP contribution in [0.3, 0.4) is 0 Å². The lowest BCUT2D eigenvalue weighted by molar-refractivity contribution is 0.120. The standard InChI is InChI=1S/C16H34N2O/c1-5-7-14-8-9-16(17-6-2)15(12-14)13-18(3)10-11-19-4/h14-17H,5-13H2,1-4H3. The molecule has 114 valence electrons. The molecular weight excluding hydrogens is 236 g/mol. The summed E-state index contributed by atoms with van der Waals surface area (Å²) in [5.41, 5.74) is 0. The summed E-state index contributed by atoms with van der Waals surface area (Å²) in [6.45, 7) is 8.74. The average Bonchev–Trinajstić information content (AvgIpc) is 2.40. The van der Waals surface area contributed by atoms with Crippen molar-refractivity contribution in [2.75, 3.05) is 40.4 Å². The van der Waals surface area contributed by atoms with Gasteiger partial charge < -0.3 is 15.0 Å². The van der Waals surface area contributed by atoms with Crippen LogP contribution in [0, 0.1) is 11.8 Å². The van der Waals surface area contributed by atoms with Crippen LogP contribution in [0.2, 0.25) is 0 Å². The van der Waals surface area contributed by atoms with Crippen molar-refractivity contribution in [2.24, 2.45) is 11.8 Å². The maximum absolute atomic E-state index is 5.18. The van der Waals surface area contributed by atoms with Crippen molar-refractivity contribution in [3.63, 3.8) is 0 Å². The van der Waals surface area contributed by atoms with Crippen LogP contribution in [-0.2, 0) is 4.74 Å². The molecule has 19 heavy (non-hydrogen) atoms. The maximum Gasteiger partial charge on any atom is 0.0589 e. The smallest absolute Gasteiger partial charge is 0.0589 e. The van der Waals surface area contributed by atoms with E-state index < -0.39 is 0 Å². The molecule has 1 aliphatic carbocycles. The molecule has 0 aliphatic heterocycles. The fourth-order valence-corrected chi connectivity index (χ4v) is 3.50. The predicted octanol–water partition coefficient (Wildman–Crippen LogP) is 2.76. The van der Waals surface area contributed by atoms with Crippen LogP contribution in [0.15, 0.2) is 0 Å². The first kappa shape index (κ1) is 16.9. The molecule has 1 rings (SSSR count). The van der Waals surface area contributed by atoms with Crippen LogP contribution in [0.25, 0.3) is 0 Å². The van der Waals surface area contributed by atoms with Crippen molar-refractivity contribution in [1.82, 2.24) is 10.2 Å². The summed E-state index contributed by atoms with van der Waals surface area (Å²) in [6.07, 6.45) is 6.94. The van der Waals surface area contributed by atoms with Crippen molar-refractivity contribution >= 4 is 0 Å². The Hall–Kier alpha value is -0.120. The van der Waals surface area contributed by atoms with Gasteiger partial charge in [-0.2, -0.15) is 0 Å². The van der Waals surface area contributed by atoms with E-state index in [1.54, 1.807) is 7.11 Å². The van der Waals surface area contributed by atoms with Crippen LogP contribution >= 0.6 is 0 Å². The molecule has 0 aromatic heterocycles. The van der Waals surface area contributed by atoms with E-state index in [0.29, 0.717) is 0 Å². The fraction of sp³-hybridized carbons (Fsp3) is 1.00. The van der Waals surface area contributed by atoms with Crippen LogP contribution in [-0.4, -0.2) is 51.3 Å². The van der Waals surface area contributed by atoms with Gasteiger partial charge in [0.05, 0.1) is 6.61 Å². The monoisotopic (exact) mass is 270 g/mol. The third-order valence-electron chi connectivity index (χ3n) is 4.48. The highest BCUT2D eigenvalue weighted by Crippen LogP contribution is 2.32. The Balaban J connectivity index is 2.45. The Morgan fingerprint density at radius 2 is 2.05 bits per heavy atom. The lowest BCUT2D eigenvalue weighted by Gasteiger charge is -2.38. The molecule has 1 saturated carbocycles. The molecular formula is C16H34N2O. The summed E-state index contributed by atoms with van der Waals surface area (Å²) in [5, 5.41) is 3.70. The number of nitrogens with zero attached hydrogens (tertiary/aromatic N) is 1. The lowest BCUT2D eigenvalue weighted by atomic mass is 9.76. The van der Waals surface area contributed by atoms with Gasteiger partial charge in [-0.05, 0) is 44.7 Å². The van der Waals surface area contributed by atoms with Crippen LogP contribution < -0.4 is 5.32 Å². The van der Waals surface area contributed by atoms with Crippen molar-refractivity contribution in [2.45, 2.75) is 52.0 Å². The first-order chi connectivity index (χ1) is 9.21. The highest BCUT2D eigenvalue weighted by molar-refractivity contribution is 4.86. The molecule has 3 nitrogen and oxygen atoms in total. The zero-order chi connectivity index (χ0) is 14.1. The maximum atomic E-state index is 5.18. The fourth-order valence-electron chi connectivity index (χ4n) is 3.50. The summed E-state index contributed by atoms with van der Waals surface area (Å²) in [4.78, 5) is 2.44. The van der Waals surface area contributed by atoms with Gasteiger partial charge in [0.15, 0.2) is 0 Å². The van der Waals surface area contributed by atoms with Gasteiger partial charge in [-0.25, -0.2) is 0 Å². The van der Waals surface area contributed by atoms with Gasteiger partial charge in [-0.15, -0.1) is 0 Å². The molecule has 0 spiro atoms. The molecule has 0 aromatic carbocycles. The van der Waals surface area contributed by atoms with Gasteiger partial charge in [-0.1, -0.05) is 26.7 Å². The topological polar surface area (TPSA) is 24.5 Å². The van der Waals surface area contributed by atoms with Gasteiger partial charge in [0.25, 0.3) is 0 Å². The molecule has 3 unspecified atom stereocenters. The summed E-state index contributed by atoms with van der Waals surface area (Å²) < 4.78 is 5.18. The molecule has 3 heteroatoms. The summed E-state index contributed by atoms with van der Waals surface area (Å²) >= 11 is 0. The van der Waals surface area contributed by atoms with E-state index >= 15 is 0 Å². The van der Waals surface area contributed by atoms with Gasteiger partial charge in [0.2, 0.25) is 0 Å². The minimum atomic E-state index is 0.725. The van der Waals surface area contributed by atoms with E-state index in [1.807, 2.05) is 0 Å². The van der Waals surface area contributed by atoms with Crippen molar-refractivity contribution in [3.8, 4) is 0 Å². The number of ether oxygens (including phenoxy) is 1. The Morgan fingerprint density at radius 3 is 2.68 bits per heavy atom. The van der Waals surface area contributed by atoms with Crippen molar-refractivity contribution < 1.29 is 4.74 Å². The largest absolute Gasteiger partial charge is 0.383 e. The van der Waals surface area contributed by atoms with E-state index in [9.17, 15) is 0 Å². The second kappa shape index (κ2) is 9.73. The third kappa shape index (κ3) is 6.24. The zero-order valence-electron chi connectivity index (χ0n) is 13.5. The molecule has 0 bridgehead atoms. The van der Waals surface area contributed by atoms with Crippen molar-refractivity contribution in [1.29, 1.82) is 0 Å². The Kier molecular flexibility index (Phi) is 8.67. The Bertz CT molecular complexity index is 223. The molecule has 1 fully saturated rings. The van der Waals surface area contributed by atoms with Gasteiger partial charge >= 0.3 is 0 Å². The van der Waals surface area contributed by atoms with Crippen LogP contribution in [0.5, 0.6) is 0 Å². The summed E-state index contributed by atoms with van der Waals surface area (Å²) in [6, 6.07) is 0.725. The molecule has 0 saturated heterocycles. The summed E-state index contributed by atoms with van der Waals surface area (Å²) in [7, 11) is 4.01. The van der Waals surface area contributed by atoms with E-state index in [4.69, 9.17) is 4.74 Å². The molecule has 0 aromatic rings. The minimum absolute atomic E-state index is 0.725. The van der Waals surface area contributed by atoms with E-state index in [0.717, 1.165) is 37.6 Å². The third-order valence-corrected chi connectivity index (χ3v) is 4.48. The van der Waals surface area contributed by atoms with Crippen LogP contribution in [0.4, 0.5) is 0 Å². The number of rotatable bonds is 9. The molecule has 1 N–H and O–H groups in total. The number of methoxy groups -OCH3 is 1. The highest BCUT2D eigenvalue weighted by atomic mass is 16.5. The first-order valence-corrected chi connectivity index (χ1v) is 8.12. The number of hydrogen-bond acceptors (Lipinski definition) is 3. The van der Waals surface area contributed by atoms with E-state index in [1.165, 1.54) is 38.6 Å². The number of likely N-dealkylation sites (N-methyl/N-ethyl adjacent to an activating group) is 1. The quantitative estimate of drug-likeness (QED) is 0.697. The van der Waals surface area contributed by atoms with E-state index in [2.05, 4.69) is 31.1 Å². The second-order valence-corrected chi connectivity index (χ2v) is 6.15. The van der Waals surface area contributed by atoms with Crippen LogP contribution in [0.1, 0.15) is 46.0 Å². The van der Waals surface area contributed by atoms with Crippen molar-refractivity contribution in [3.05, 3.63) is 0 Å².